The molecule has 0 unspecified atom stereocenters. The lowest BCUT2D eigenvalue weighted by atomic mass is 10.1. The van der Waals surface area contributed by atoms with Gasteiger partial charge in [-0.15, -0.1) is 0 Å². The van der Waals surface area contributed by atoms with Crippen LogP contribution in [0.15, 0.2) is 12.1 Å². The highest BCUT2D eigenvalue weighted by Gasteiger charge is 2.20. The number of ether oxygens (including phenoxy) is 1. The van der Waals surface area contributed by atoms with Crippen LogP contribution in [0.5, 0.6) is 0 Å². The summed E-state index contributed by atoms with van der Waals surface area (Å²) < 4.78 is 4.64. The molecule has 5 heteroatoms. The van der Waals surface area contributed by atoms with E-state index in [9.17, 15) is 4.79 Å². The van der Waals surface area contributed by atoms with Gasteiger partial charge in [-0.05, 0) is 25.0 Å². The van der Waals surface area contributed by atoms with E-state index in [0.29, 0.717) is 16.3 Å². The number of nitrogens with two attached hydrogens (primary N) is 1. The number of carbonyl (C=O) groups excluding carboxylic acids is 1. The molecule has 1 aliphatic heterocycles. The lowest BCUT2D eigenvalue weighted by molar-refractivity contribution is 0.0601. The van der Waals surface area contributed by atoms with Crippen LogP contribution in [0.25, 0.3) is 0 Å². The lowest BCUT2D eigenvalue weighted by Gasteiger charge is -2.21. The molecule has 17 heavy (non-hydrogen) atoms. The van der Waals surface area contributed by atoms with Crippen LogP contribution in [0, 0.1) is 0 Å². The topological polar surface area (TPSA) is 55.6 Å². The molecule has 1 aromatic carbocycles. The highest BCUT2D eigenvalue weighted by atomic mass is 35.5. The second kappa shape index (κ2) is 4.84. The molecule has 2 rings (SSSR count). The lowest BCUT2D eigenvalue weighted by Crippen LogP contribution is -2.20. The fourth-order valence-electron chi connectivity index (χ4n) is 2.13. The zero-order valence-corrected chi connectivity index (χ0v) is 10.5. The van der Waals surface area contributed by atoms with Crippen LogP contribution < -0.4 is 10.6 Å². The summed E-state index contributed by atoms with van der Waals surface area (Å²) in [6, 6.07) is 3.22. The highest BCUT2D eigenvalue weighted by Crippen LogP contribution is 2.35. The molecule has 1 heterocycles. The van der Waals surface area contributed by atoms with E-state index in [2.05, 4.69) is 9.64 Å². The molecule has 1 aliphatic rings. The number of benzene rings is 1. The molecular formula is C12H15ClN2O2. The first kappa shape index (κ1) is 12.0. The van der Waals surface area contributed by atoms with Crippen LogP contribution in [-0.2, 0) is 4.74 Å². The van der Waals surface area contributed by atoms with Crippen molar-refractivity contribution >= 4 is 28.9 Å². The zero-order valence-electron chi connectivity index (χ0n) is 9.70. The molecule has 0 amide bonds. The summed E-state index contributed by atoms with van der Waals surface area (Å²) in [4.78, 5) is 13.6. The summed E-state index contributed by atoms with van der Waals surface area (Å²) in [6.45, 7) is 1.92. The van der Waals surface area contributed by atoms with Crippen LogP contribution in [0.4, 0.5) is 11.4 Å². The largest absolute Gasteiger partial charge is 0.465 e. The summed E-state index contributed by atoms with van der Waals surface area (Å²) in [5, 5.41) is 0.507. The van der Waals surface area contributed by atoms with Gasteiger partial charge in [0.15, 0.2) is 0 Å². The van der Waals surface area contributed by atoms with E-state index in [0.717, 1.165) is 31.6 Å². The standard InChI is InChI=1S/C12H15ClN2O2/c1-17-12(16)8-6-9(13)11(10(14)7-8)15-4-2-3-5-15/h6-7H,2-5,14H2,1H3. The summed E-state index contributed by atoms with van der Waals surface area (Å²) in [7, 11) is 1.33. The summed E-state index contributed by atoms with van der Waals surface area (Å²) in [6.07, 6.45) is 2.29. The number of methoxy groups -OCH3 is 1. The molecule has 0 radical (unpaired) electrons. The molecule has 0 spiro atoms. The number of anilines is 2. The van der Waals surface area contributed by atoms with Crippen LogP contribution in [0.3, 0.4) is 0 Å². The van der Waals surface area contributed by atoms with Gasteiger partial charge in [-0.2, -0.15) is 0 Å². The van der Waals surface area contributed by atoms with Crippen molar-refractivity contribution in [2.75, 3.05) is 30.8 Å². The van der Waals surface area contributed by atoms with E-state index in [1.54, 1.807) is 12.1 Å². The predicted molar refractivity (Wildman–Crippen MR) is 68.7 cm³/mol. The molecule has 4 nitrogen and oxygen atoms in total. The second-order valence-corrected chi connectivity index (χ2v) is 4.49. The Labute approximate surface area is 105 Å². The molecule has 0 aromatic heterocycles. The Kier molecular flexibility index (Phi) is 3.43. The minimum absolute atomic E-state index is 0.387. The average Bonchev–Trinajstić information content (AvgIpc) is 2.80. The van der Waals surface area contributed by atoms with Gasteiger partial charge >= 0.3 is 5.97 Å². The Bertz CT molecular complexity index is 419. The Morgan fingerprint density at radius 2 is 2.06 bits per heavy atom. The first-order chi connectivity index (χ1) is 8.13. The van der Waals surface area contributed by atoms with Crippen LogP contribution in [0.2, 0.25) is 5.02 Å². The minimum Gasteiger partial charge on any atom is -0.465 e. The van der Waals surface area contributed by atoms with Crippen LogP contribution in [-0.4, -0.2) is 26.2 Å². The van der Waals surface area contributed by atoms with Crippen molar-refractivity contribution < 1.29 is 9.53 Å². The van der Waals surface area contributed by atoms with E-state index < -0.39 is 5.97 Å². The maximum atomic E-state index is 11.4. The van der Waals surface area contributed by atoms with E-state index in [1.807, 2.05) is 0 Å². The quantitative estimate of drug-likeness (QED) is 0.650. The molecule has 0 aliphatic carbocycles. The third-order valence-corrected chi connectivity index (χ3v) is 3.22. The predicted octanol–water partition coefficient (Wildman–Crippen LogP) is 2.31. The molecular weight excluding hydrogens is 240 g/mol. The number of hydrogen-bond acceptors (Lipinski definition) is 4. The van der Waals surface area contributed by atoms with Gasteiger partial charge in [0.25, 0.3) is 0 Å². The average molecular weight is 255 g/mol. The van der Waals surface area contributed by atoms with E-state index >= 15 is 0 Å². The monoisotopic (exact) mass is 254 g/mol. The molecule has 1 saturated heterocycles. The molecule has 0 saturated carbocycles. The summed E-state index contributed by atoms with van der Waals surface area (Å²) in [5.41, 5.74) is 7.71. The SMILES string of the molecule is COC(=O)c1cc(N)c(N2CCCC2)c(Cl)c1. The first-order valence-electron chi connectivity index (χ1n) is 5.55. The Morgan fingerprint density at radius 1 is 1.41 bits per heavy atom. The minimum atomic E-state index is -0.424. The van der Waals surface area contributed by atoms with E-state index in [4.69, 9.17) is 17.3 Å². The Morgan fingerprint density at radius 3 is 2.59 bits per heavy atom. The van der Waals surface area contributed by atoms with Crippen molar-refractivity contribution in [3.05, 3.63) is 22.7 Å². The van der Waals surface area contributed by atoms with Gasteiger partial charge in [0.1, 0.15) is 0 Å². The molecule has 2 N–H and O–H groups in total. The van der Waals surface area contributed by atoms with Crippen LogP contribution in [0.1, 0.15) is 23.2 Å². The molecule has 1 aromatic rings. The molecule has 0 bridgehead atoms. The highest BCUT2D eigenvalue weighted by molar-refractivity contribution is 6.34. The summed E-state index contributed by atoms with van der Waals surface area (Å²) >= 11 is 6.19. The van der Waals surface area contributed by atoms with E-state index in [-0.39, 0.29) is 0 Å². The number of nitrogens with zero attached hydrogens (tertiary/aromatic N) is 1. The zero-order chi connectivity index (χ0) is 12.4. The van der Waals surface area contributed by atoms with Crippen molar-refractivity contribution in [2.45, 2.75) is 12.8 Å². The van der Waals surface area contributed by atoms with Gasteiger partial charge in [0.2, 0.25) is 0 Å². The van der Waals surface area contributed by atoms with Crippen molar-refractivity contribution in [3.8, 4) is 0 Å². The normalized spacial score (nSPS) is 15.1. The fraction of sp³-hybridized carbons (Fsp3) is 0.417. The number of esters is 1. The van der Waals surface area contributed by atoms with Crippen molar-refractivity contribution in [2.24, 2.45) is 0 Å². The van der Waals surface area contributed by atoms with Gasteiger partial charge in [-0.3, -0.25) is 0 Å². The first-order valence-corrected chi connectivity index (χ1v) is 5.93. The van der Waals surface area contributed by atoms with Gasteiger partial charge in [-0.25, -0.2) is 4.79 Å². The smallest absolute Gasteiger partial charge is 0.337 e. The third kappa shape index (κ3) is 2.31. The van der Waals surface area contributed by atoms with Gasteiger partial charge in [0, 0.05) is 13.1 Å². The number of halogens is 1. The van der Waals surface area contributed by atoms with Gasteiger partial charge < -0.3 is 15.4 Å². The van der Waals surface area contributed by atoms with E-state index in [1.165, 1.54) is 7.11 Å². The number of nitrogen functional groups attached to an aromatic ring is 1. The third-order valence-electron chi connectivity index (χ3n) is 2.94. The molecule has 0 atom stereocenters. The fourth-order valence-corrected chi connectivity index (χ4v) is 2.48. The van der Waals surface area contributed by atoms with Crippen molar-refractivity contribution in [1.29, 1.82) is 0 Å². The van der Waals surface area contributed by atoms with Crippen molar-refractivity contribution in [1.82, 2.24) is 0 Å². The van der Waals surface area contributed by atoms with Gasteiger partial charge in [0.05, 0.1) is 29.1 Å². The van der Waals surface area contributed by atoms with Crippen molar-refractivity contribution in [3.63, 3.8) is 0 Å². The second-order valence-electron chi connectivity index (χ2n) is 4.08. The summed E-state index contributed by atoms with van der Waals surface area (Å²) in [5.74, 6) is -0.424. The Hall–Kier alpha value is -1.42. The van der Waals surface area contributed by atoms with Crippen LogP contribution >= 0.6 is 11.6 Å². The van der Waals surface area contributed by atoms with Gasteiger partial charge in [-0.1, -0.05) is 11.6 Å². The Balaban J connectivity index is 2.38. The maximum absolute atomic E-state index is 11.4. The maximum Gasteiger partial charge on any atom is 0.337 e. The number of hydrogen-bond donors (Lipinski definition) is 1. The number of carbonyl (C=O) groups is 1. The molecule has 1 fully saturated rings. The molecule has 92 valence electrons. The number of rotatable bonds is 2.